The van der Waals surface area contributed by atoms with E-state index in [0.717, 1.165) is 0 Å². The summed E-state index contributed by atoms with van der Waals surface area (Å²) in [7, 11) is 0. The molecule has 0 aromatic heterocycles. The van der Waals surface area contributed by atoms with E-state index in [1.54, 1.807) is 19.9 Å². The maximum atomic E-state index is 12.2. The lowest BCUT2D eigenvalue weighted by atomic mass is 10.1. The summed E-state index contributed by atoms with van der Waals surface area (Å²) >= 11 is 0. The van der Waals surface area contributed by atoms with Crippen LogP contribution in [0.4, 0.5) is 0 Å². The van der Waals surface area contributed by atoms with Crippen molar-refractivity contribution in [2.45, 2.75) is 59.3 Å². The fourth-order valence-electron chi connectivity index (χ4n) is 2.21. The van der Waals surface area contributed by atoms with Gasteiger partial charge in [-0.05, 0) is 38.0 Å². The van der Waals surface area contributed by atoms with Crippen LogP contribution in [0.15, 0.2) is 18.2 Å². The highest BCUT2D eigenvalue weighted by atomic mass is 16.6. The lowest BCUT2D eigenvalue weighted by molar-refractivity contribution is -0.164. The highest BCUT2D eigenvalue weighted by Crippen LogP contribution is 2.29. The van der Waals surface area contributed by atoms with Crippen molar-refractivity contribution in [3.8, 4) is 11.5 Å². The van der Waals surface area contributed by atoms with E-state index in [4.69, 9.17) is 24.7 Å². The number of rotatable bonds is 8. The molecule has 28 heavy (non-hydrogen) atoms. The zero-order valence-corrected chi connectivity index (χ0v) is 16.5. The molecule has 1 aromatic rings. The van der Waals surface area contributed by atoms with Gasteiger partial charge in [-0.25, -0.2) is 0 Å². The number of carbonyl (C=O) groups is 4. The second-order valence-electron chi connectivity index (χ2n) is 6.24. The van der Waals surface area contributed by atoms with Crippen molar-refractivity contribution in [2.75, 3.05) is 0 Å². The minimum Gasteiger partial charge on any atom is -0.459 e. The molecule has 9 nitrogen and oxygen atoms in total. The van der Waals surface area contributed by atoms with Crippen LogP contribution in [0.3, 0.4) is 0 Å². The standard InChI is InChI=1S/C19H25NO8/c1-10(25-12(3)21)11(2)26-19(24)16(20)8-15-6-7-17(27-13(4)22)18(9-15)28-14(5)23/h6-7,9-11,16H,8,20H2,1-5H3/t10-,11-,16-/m0/s1. The number of hydrogen-bond acceptors (Lipinski definition) is 9. The van der Waals surface area contributed by atoms with Crippen LogP contribution in [0.2, 0.25) is 0 Å². The molecule has 154 valence electrons. The van der Waals surface area contributed by atoms with E-state index >= 15 is 0 Å². The first-order valence-electron chi connectivity index (χ1n) is 8.62. The number of ether oxygens (including phenoxy) is 4. The van der Waals surface area contributed by atoms with Crippen LogP contribution >= 0.6 is 0 Å². The van der Waals surface area contributed by atoms with E-state index in [9.17, 15) is 19.2 Å². The zero-order valence-electron chi connectivity index (χ0n) is 16.5. The molecule has 1 aromatic carbocycles. The molecular formula is C19H25NO8. The molecule has 0 aliphatic heterocycles. The Labute approximate surface area is 163 Å². The number of benzene rings is 1. The summed E-state index contributed by atoms with van der Waals surface area (Å²) in [5.74, 6) is -2.21. The maximum absolute atomic E-state index is 12.2. The molecule has 2 N–H and O–H groups in total. The van der Waals surface area contributed by atoms with Crippen LogP contribution < -0.4 is 15.2 Å². The summed E-state index contributed by atoms with van der Waals surface area (Å²) in [6.07, 6.45) is -1.21. The molecular weight excluding hydrogens is 370 g/mol. The summed E-state index contributed by atoms with van der Waals surface area (Å²) in [6.45, 7) is 6.88. The molecule has 0 unspecified atom stereocenters. The van der Waals surface area contributed by atoms with E-state index in [2.05, 4.69) is 0 Å². The Morgan fingerprint density at radius 3 is 1.93 bits per heavy atom. The smallest absolute Gasteiger partial charge is 0.323 e. The van der Waals surface area contributed by atoms with Gasteiger partial charge in [0, 0.05) is 20.8 Å². The lowest BCUT2D eigenvalue weighted by Crippen LogP contribution is -2.39. The van der Waals surface area contributed by atoms with Gasteiger partial charge in [0.05, 0.1) is 0 Å². The van der Waals surface area contributed by atoms with Crippen molar-refractivity contribution in [3.63, 3.8) is 0 Å². The molecule has 0 aliphatic carbocycles. The average Bonchev–Trinajstić information content (AvgIpc) is 2.55. The predicted molar refractivity (Wildman–Crippen MR) is 97.5 cm³/mol. The van der Waals surface area contributed by atoms with E-state index in [1.165, 1.54) is 32.9 Å². The molecule has 9 heteroatoms. The van der Waals surface area contributed by atoms with Gasteiger partial charge in [0.15, 0.2) is 11.5 Å². The normalized spacial score (nSPS) is 13.6. The molecule has 0 heterocycles. The highest BCUT2D eigenvalue weighted by Gasteiger charge is 2.24. The molecule has 0 radical (unpaired) electrons. The topological polar surface area (TPSA) is 131 Å². The molecule has 3 atom stereocenters. The average molecular weight is 395 g/mol. The minimum absolute atomic E-state index is 0.0395. The van der Waals surface area contributed by atoms with Gasteiger partial charge in [0.2, 0.25) is 0 Å². The van der Waals surface area contributed by atoms with Crippen molar-refractivity contribution in [1.82, 2.24) is 0 Å². The van der Waals surface area contributed by atoms with Crippen LogP contribution in [0.5, 0.6) is 11.5 Å². The molecule has 0 aliphatic rings. The fraction of sp³-hybridized carbons (Fsp3) is 0.474. The monoisotopic (exact) mass is 395 g/mol. The Morgan fingerprint density at radius 2 is 1.39 bits per heavy atom. The third-order valence-corrected chi connectivity index (χ3v) is 3.59. The Hall–Kier alpha value is -2.94. The van der Waals surface area contributed by atoms with Crippen LogP contribution in [0, 0.1) is 0 Å². The molecule has 0 saturated heterocycles. The fourth-order valence-corrected chi connectivity index (χ4v) is 2.21. The van der Waals surface area contributed by atoms with Crippen molar-refractivity contribution in [3.05, 3.63) is 23.8 Å². The van der Waals surface area contributed by atoms with Crippen molar-refractivity contribution >= 4 is 23.9 Å². The summed E-state index contributed by atoms with van der Waals surface area (Å²) in [4.78, 5) is 45.6. The Kier molecular flexibility index (Phi) is 8.59. The molecule has 0 fully saturated rings. The first-order valence-corrected chi connectivity index (χ1v) is 8.62. The van der Waals surface area contributed by atoms with Crippen molar-refractivity contribution < 1.29 is 38.1 Å². The van der Waals surface area contributed by atoms with Crippen LogP contribution in [0.25, 0.3) is 0 Å². The van der Waals surface area contributed by atoms with Crippen molar-refractivity contribution in [1.29, 1.82) is 0 Å². The Bertz CT molecular complexity index is 745. The summed E-state index contributed by atoms with van der Waals surface area (Å²) < 4.78 is 20.2. The predicted octanol–water partition coefficient (Wildman–Crippen LogP) is 1.29. The van der Waals surface area contributed by atoms with E-state index in [0.29, 0.717) is 5.56 Å². The number of nitrogens with two attached hydrogens (primary N) is 1. The SMILES string of the molecule is CC(=O)Oc1ccc(C[C@H](N)C(=O)O[C@@H](C)[C@H](C)OC(C)=O)cc1OC(C)=O. The van der Waals surface area contributed by atoms with Gasteiger partial charge >= 0.3 is 23.9 Å². The van der Waals surface area contributed by atoms with E-state index in [1.807, 2.05) is 0 Å². The van der Waals surface area contributed by atoms with Gasteiger partial charge in [-0.2, -0.15) is 0 Å². The first kappa shape index (κ1) is 23.1. The number of carbonyl (C=O) groups excluding carboxylic acids is 4. The number of hydrogen-bond donors (Lipinski definition) is 1. The molecule has 0 bridgehead atoms. The summed E-state index contributed by atoms with van der Waals surface area (Å²) in [6, 6.07) is 3.48. The molecule has 0 saturated carbocycles. The summed E-state index contributed by atoms with van der Waals surface area (Å²) in [5, 5.41) is 0. The van der Waals surface area contributed by atoms with Gasteiger partial charge in [-0.3, -0.25) is 19.2 Å². The first-order chi connectivity index (χ1) is 13.0. The van der Waals surface area contributed by atoms with E-state index < -0.39 is 42.1 Å². The van der Waals surface area contributed by atoms with Gasteiger partial charge in [-0.15, -0.1) is 0 Å². The van der Waals surface area contributed by atoms with Gasteiger partial charge in [0.25, 0.3) is 0 Å². The largest absolute Gasteiger partial charge is 0.459 e. The quantitative estimate of drug-likeness (QED) is 0.511. The second kappa shape index (κ2) is 10.4. The molecule has 1 rings (SSSR count). The zero-order chi connectivity index (χ0) is 21.4. The van der Waals surface area contributed by atoms with Gasteiger partial charge < -0.3 is 24.7 Å². The van der Waals surface area contributed by atoms with Crippen molar-refractivity contribution in [2.24, 2.45) is 5.73 Å². The van der Waals surface area contributed by atoms with Crippen LogP contribution in [-0.2, 0) is 35.1 Å². The molecule has 0 spiro atoms. The van der Waals surface area contributed by atoms with Crippen LogP contribution in [0.1, 0.15) is 40.2 Å². The Balaban J connectivity index is 2.82. The van der Waals surface area contributed by atoms with Gasteiger partial charge in [-0.1, -0.05) is 6.07 Å². The summed E-state index contributed by atoms with van der Waals surface area (Å²) in [5.41, 5.74) is 6.46. The Morgan fingerprint density at radius 1 is 0.857 bits per heavy atom. The highest BCUT2D eigenvalue weighted by molar-refractivity contribution is 5.76. The lowest BCUT2D eigenvalue weighted by Gasteiger charge is -2.22. The van der Waals surface area contributed by atoms with Gasteiger partial charge in [0.1, 0.15) is 18.2 Å². The third kappa shape index (κ3) is 7.75. The maximum Gasteiger partial charge on any atom is 0.323 e. The third-order valence-electron chi connectivity index (χ3n) is 3.59. The number of esters is 4. The van der Waals surface area contributed by atoms with E-state index in [-0.39, 0.29) is 17.9 Å². The van der Waals surface area contributed by atoms with Crippen LogP contribution in [-0.4, -0.2) is 42.1 Å². The molecule has 0 amide bonds. The second-order valence-corrected chi connectivity index (χ2v) is 6.24. The minimum atomic E-state index is -1.00.